The van der Waals surface area contributed by atoms with E-state index in [2.05, 4.69) is 13.5 Å². The van der Waals surface area contributed by atoms with Crippen LogP contribution in [0, 0.1) is 88.1 Å². The standard InChI is InChI=1S/C10H19ClO2.2Ac/c1-3-4-8(2)5-9(12)6-10(13)7-11;;/h9-10,12-13H,2-7H2,1H3;;. The third-order valence-corrected chi connectivity index (χ3v) is 2.21. The SMILES string of the molecule is C=C(CCC)CC(O)CC(O)CCl.[Ac].[Ac]. The summed E-state index contributed by atoms with van der Waals surface area (Å²) in [5.41, 5.74) is 1.04. The summed E-state index contributed by atoms with van der Waals surface area (Å²) in [5.74, 6) is 0.178. The molecule has 0 aliphatic carbocycles. The molecule has 0 aliphatic heterocycles. The molecule has 15 heavy (non-hydrogen) atoms. The second-order valence-corrected chi connectivity index (χ2v) is 3.71. The van der Waals surface area contributed by atoms with Crippen LogP contribution in [0.3, 0.4) is 0 Å². The van der Waals surface area contributed by atoms with Gasteiger partial charge in [0.15, 0.2) is 0 Å². The number of aliphatic hydroxyl groups is 2. The molecule has 2 nitrogen and oxygen atoms in total. The Morgan fingerprint density at radius 1 is 1.27 bits per heavy atom. The predicted molar refractivity (Wildman–Crippen MR) is 56.0 cm³/mol. The van der Waals surface area contributed by atoms with Crippen LogP contribution in [0.25, 0.3) is 0 Å². The van der Waals surface area contributed by atoms with Gasteiger partial charge in [-0.3, -0.25) is 0 Å². The Hall–Kier alpha value is 2.83. The van der Waals surface area contributed by atoms with E-state index in [0.717, 1.165) is 18.4 Å². The normalized spacial score (nSPS) is 13.3. The topological polar surface area (TPSA) is 40.5 Å². The molecular weight excluding hydrogens is 642 g/mol. The monoisotopic (exact) mass is 660 g/mol. The average molecular weight is 661 g/mol. The maximum Gasteiger partial charge on any atom is 0.0700 e. The molecule has 0 amide bonds. The molecule has 0 aromatic rings. The van der Waals surface area contributed by atoms with Gasteiger partial charge in [-0.05, 0) is 12.8 Å². The molecule has 0 fully saturated rings. The van der Waals surface area contributed by atoms with Gasteiger partial charge in [0.1, 0.15) is 0 Å². The number of hydrogen-bond donors (Lipinski definition) is 2. The van der Waals surface area contributed by atoms with Gasteiger partial charge in [-0.1, -0.05) is 25.5 Å². The Morgan fingerprint density at radius 2 is 1.80 bits per heavy atom. The van der Waals surface area contributed by atoms with E-state index in [-0.39, 0.29) is 94.0 Å². The second kappa shape index (κ2) is 14.9. The number of rotatable bonds is 7. The van der Waals surface area contributed by atoms with E-state index in [9.17, 15) is 5.11 Å². The van der Waals surface area contributed by atoms with Crippen LogP contribution < -0.4 is 0 Å². The number of halogens is 1. The van der Waals surface area contributed by atoms with Crippen molar-refractivity contribution in [2.45, 2.75) is 44.8 Å². The first-order valence-electron chi connectivity index (χ1n) is 4.68. The van der Waals surface area contributed by atoms with Crippen LogP contribution in [0.5, 0.6) is 0 Å². The van der Waals surface area contributed by atoms with Gasteiger partial charge >= 0.3 is 0 Å². The fourth-order valence-corrected chi connectivity index (χ4v) is 1.38. The fourth-order valence-electron chi connectivity index (χ4n) is 1.25. The Kier molecular flexibility index (Phi) is 22.8. The van der Waals surface area contributed by atoms with E-state index in [1.54, 1.807) is 0 Å². The summed E-state index contributed by atoms with van der Waals surface area (Å²) < 4.78 is 0. The van der Waals surface area contributed by atoms with Crippen molar-refractivity contribution >= 4 is 11.6 Å². The van der Waals surface area contributed by atoms with Gasteiger partial charge in [0.25, 0.3) is 0 Å². The van der Waals surface area contributed by atoms with Crippen molar-refractivity contribution in [2.24, 2.45) is 0 Å². The maximum absolute atomic E-state index is 9.47. The van der Waals surface area contributed by atoms with Crippen molar-refractivity contribution in [3.05, 3.63) is 12.2 Å². The first-order valence-corrected chi connectivity index (χ1v) is 5.22. The Labute approximate surface area is 169 Å². The van der Waals surface area contributed by atoms with Crippen LogP contribution in [0.1, 0.15) is 32.6 Å². The molecule has 0 aromatic carbocycles. The first-order chi connectivity index (χ1) is 6.10. The van der Waals surface area contributed by atoms with Crippen molar-refractivity contribution in [3.63, 3.8) is 0 Å². The van der Waals surface area contributed by atoms with Crippen LogP contribution in [0.4, 0.5) is 0 Å². The van der Waals surface area contributed by atoms with Crippen LogP contribution in [-0.2, 0) is 0 Å². The summed E-state index contributed by atoms with van der Waals surface area (Å²) in [7, 11) is 0. The minimum Gasteiger partial charge on any atom is -0.393 e. The molecule has 0 aromatic heterocycles. The summed E-state index contributed by atoms with van der Waals surface area (Å²) in [6.07, 6.45) is 1.78. The molecule has 0 bridgehead atoms. The smallest absolute Gasteiger partial charge is 0.0700 e. The largest absolute Gasteiger partial charge is 0.393 e. The molecule has 5 heteroatoms. The molecule has 2 radical (unpaired) electrons. The van der Waals surface area contributed by atoms with Crippen LogP contribution in [-0.4, -0.2) is 28.3 Å². The number of alkyl halides is 1. The molecule has 0 rings (SSSR count). The van der Waals surface area contributed by atoms with Gasteiger partial charge in [0.05, 0.1) is 12.2 Å². The van der Waals surface area contributed by atoms with Crippen molar-refractivity contribution < 1.29 is 98.3 Å². The molecule has 0 saturated carbocycles. The molecule has 0 spiro atoms. The molecule has 2 unspecified atom stereocenters. The molecule has 0 heterocycles. The van der Waals surface area contributed by atoms with Crippen molar-refractivity contribution in [1.82, 2.24) is 0 Å². The van der Waals surface area contributed by atoms with Gasteiger partial charge in [-0.2, -0.15) is 0 Å². The zero-order valence-electron chi connectivity index (χ0n) is 9.32. The molecule has 84 valence electrons. The van der Waals surface area contributed by atoms with Crippen LogP contribution in [0.15, 0.2) is 12.2 Å². The van der Waals surface area contributed by atoms with E-state index in [0.29, 0.717) is 12.8 Å². The van der Waals surface area contributed by atoms with Crippen LogP contribution >= 0.6 is 11.6 Å². The van der Waals surface area contributed by atoms with Gasteiger partial charge in [0.2, 0.25) is 0 Å². The van der Waals surface area contributed by atoms with Gasteiger partial charge in [-0.25, -0.2) is 0 Å². The Bertz CT molecular complexity index is 156. The van der Waals surface area contributed by atoms with E-state index < -0.39 is 12.2 Å². The third kappa shape index (κ3) is 14.8. The van der Waals surface area contributed by atoms with Crippen LogP contribution in [0.2, 0.25) is 0 Å². The summed E-state index contributed by atoms with van der Waals surface area (Å²) >= 11 is 5.41. The van der Waals surface area contributed by atoms with Crippen molar-refractivity contribution in [2.75, 3.05) is 5.88 Å². The Balaban J connectivity index is -0.000000720. The fraction of sp³-hybridized carbons (Fsp3) is 0.800. The van der Waals surface area contributed by atoms with E-state index in [1.807, 2.05) is 0 Å². The molecule has 0 saturated heterocycles. The van der Waals surface area contributed by atoms with E-state index >= 15 is 0 Å². The van der Waals surface area contributed by atoms with Gasteiger partial charge < -0.3 is 10.2 Å². The molecule has 2 atom stereocenters. The zero-order valence-corrected chi connectivity index (χ0v) is 19.6. The van der Waals surface area contributed by atoms with Gasteiger partial charge in [0, 0.05) is 100 Å². The second-order valence-electron chi connectivity index (χ2n) is 3.40. The minimum absolute atomic E-state index is 0. The predicted octanol–water partition coefficient (Wildman–Crippen LogP) is 2.08. The summed E-state index contributed by atoms with van der Waals surface area (Å²) in [6.45, 7) is 5.92. The third-order valence-electron chi connectivity index (χ3n) is 1.85. The zero-order chi connectivity index (χ0) is 10.3. The minimum atomic E-state index is -0.605. The van der Waals surface area contributed by atoms with E-state index in [1.165, 1.54) is 0 Å². The van der Waals surface area contributed by atoms with Gasteiger partial charge in [-0.15, -0.1) is 11.6 Å². The number of hydrogen-bond acceptors (Lipinski definition) is 2. The number of aliphatic hydroxyl groups excluding tert-OH is 2. The summed E-state index contributed by atoms with van der Waals surface area (Å²) in [4.78, 5) is 0. The maximum atomic E-state index is 9.47. The van der Waals surface area contributed by atoms with E-state index in [4.69, 9.17) is 16.7 Å². The molecule has 2 N–H and O–H groups in total. The molecular formula is C10H19Ac2ClO2. The molecule has 0 aliphatic rings. The summed E-state index contributed by atoms with van der Waals surface area (Å²) in [5, 5.41) is 18.6. The van der Waals surface area contributed by atoms with Crippen molar-refractivity contribution in [1.29, 1.82) is 0 Å². The Morgan fingerprint density at radius 3 is 2.20 bits per heavy atom. The quantitative estimate of drug-likeness (QED) is 0.325. The average Bonchev–Trinajstić information content (AvgIpc) is 2.04. The summed E-state index contributed by atoms with van der Waals surface area (Å²) in [6, 6.07) is 0. The first kappa shape index (κ1) is 23.0. The van der Waals surface area contributed by atoms with Crippen molar-refractivity contribution in [3.8, 4) is 0 Å².